The predicted octanol–water partition coefficient (Wildman–Crippen LogP) is 2.36. The van der Waals surface area contributed by atoms with Crippen LogP contribution in [0.25, 0.3) is 0 Å². The normalized spacial score (nSPS) is 22.2. The van der Waals surface area contributed by atoms with Gasteiger partial charge in [0, 0.05) is 11.9 Å². The van der Waals surface area contributed by atoms with Crippen LogP contribution in [0.5, 0.6) is 0 Å². The summed E-state index contributed by atoms with van der Waals surface area (Å²) in [6.07, 6.45) is 4.76. The lowest BCUT2D eigenvalue weighted by Crippen LogP contribution is -2.39. The smallest absolute Gasteiger partial charge is 0.212 e. The largest absolute Gasteiger partial charge is 0.212 e. The fourth-order valence-corrected chi connectivity index (χ4v) is 4.26. The number of halogens is 1. The van der Waals surface area contributed by atoms with Gasteiger partial charge in [-0.05, 0) is 31.6 Å². The van der Waals surface area contributed by atoms with Crippen molar-refractivity contribution in [3.8, 4) is 0 Å². The van der Waals surface area contributed by atoms with E-state index in [9.17, 15) is 8.42 Å². The van der Waals surface area contributed by atoms with E-state index in [2.05, 4.69) is 4.72 Å². The molecule has 1 N–H and O–H groups in total. The van der Waals surface area contributed by atoms with Gasteiger partial charge in [-0.2, -0.15) is 0 Å². The molecule has 0 bridgehead atoms. The minimum Gasteiger partial charge on any atom is -0.212 e. The summed E-state index contributed by atoms with van der Waals surface area (Å²) in [5.74, 6) is 1.04. The third-order valence-corrected chi connectivity index (χ3v) is 5.51. The molecule has 16 heavy (non-hydrogen) atoms. The lowest BCUT2D eigenvalue weighted by atomic mass is 10.0. The summed E-state index contributed by atoms with van der Waals surface area (Å²) in [4.78, 5) is 0. The first kappa shape index (κ1) is 14.3. The van der Waals surface area contributed by atoms with Gasteiger partial charge in [0.2, 0.25) is 10.0 Å². The predicted molar refractivity (Wildman–Crippen MR) is 68.2 cm³/mol. The Morgan fingerprint density at radius 2 is 1.88 bits per heavy atom. The Morgan fingerprint density at radius 1 is 1.31 bits per heavy atom. The lowest BCUT2D eigenvalue weighted by Gasteiger charge is -2.21. The van der Waals surface area contributed by atoms with E-state index in [1.165, 1.54) is 12.8 Å². The highest BCUT2D eigenvalue weighted by molar-refractivity contribution is 7.89. The van der Waals surface area contributed by atoms with E-state index in [0.29, 0.717) is 11.8 Å². The van der Waals surface area contributed by atoms with Crippen molar-refractivity contribution in [2.75, 3.05) is 11.6 Å². The molecule has 3 nitrogen and oxygen atoms in total. The van der Waals surface area contributed by atoms with Crippen LogP contribution in [0.2, 0.25) is 0 Å². The van der Waals surface area contributed by atoms with Crippen molar-refractivity contribution in [1.82, 2.24) is 4.72 Å². The molecular formula is C11H22ClNO2S. The molecule has 5 heteroatoms. The number of hydrogen-bond acceptors (Lipinski definition) is 2. The minimum absolute atomic E-state index is 0.00921. The molecule has 1 rings (SSSR count). The van der Waals surface area contributed by atoms with Crippen molar-refractivity contribution >= 4 is 21.6 Å². The molecule has 1 fully saturated rings. The summed E-state index contributed by atoms with van der Waals surface area (Å²) in [7, 11) is -3.16. The Bertz CT molecular complexity index is 299. The van der Waals surface area contributed by atoms with Crippen LogP contribution in [0.1, 0.15) is 39.5 Å². The van der Waals surface area contributed by atoms with Gasteiger partial charge >= 0.3 is 0 Å². The van der Waals surface area contributed by atoms with Gasteiger partial charge in [0.15, 0.2) is 0 Å². The van der Waals surface area contributed by atoms with E-state index in [1.54, 1.807) is 0 Å². The molecule has 0 saturated heterocycles. The zero-order valence-corrected chi connectivity index (χ0v) is 11.6. The first-order chi connectivity index (χ1) is 7.44. The molecule has 1 aliphatic carbocycles. The van der Waals surface area contributed by atoms with Gasteiger partial charge in [0.25, 0.3) is 0 Å². The molecule has 96 valence electrons. The standard InChI is InChI=1S/C11H22ClNO2S/c1-9(7-12)8-16(14,15)13-10(2)11-5-3-4-6-11/h9-11,13H,3-8H2,1-2H3/t9?,10-/m1/s1. The summed E-state index contributed by atoms with van der Waals surface area (Å²) in [5, 5.41) is 0. The Balaban J connectivity index is 2.44. The average molecular weight is 268 g/mol. The quantitative estimate of drug-likeness (QED) is 0.751. The first-order valence-corrected chi connectivity index (χ1v) is 8.19. The molecule has 1 saturated carbocycles. The summed E-state index contributed by atoms with van der Waals surface area (Å²) < 4.78 is 26.4. The van der Waals surface area contributed by atoms with Crippen LogP contribution >= 0.6 is 11.6 Å². The second-order valence-electron chi connectivity index (χ2n) is 4.99. The van der Waals surface area contributed by atoms with Gasteiger partial charge in [0.05, 0.1) is 5.75 Å². The third-order valence-electron chi connectivity index (χ3n) is 3.24. The molecule has 0 heterocycles. The van der Waals surface area contributed by atoms with Crippen LogP contribution in [0, 0.1) is 11.8 Å². The number of sulfonamides is 1. The molecule has 0 aromatic rings. The molecule has 0 amide bonds. The molecule has 2 atom stereocenters. The summed E-state index contributed by atoms with van der Waals surface area (Å²) >= 11 is 5.63. The van der Waals surface area contributed by atoms with E-state index in [0.717, 1.165) is 12.8 Å². The molecular weight excluding hydrogens is 246 g/mol. The highest BCUT2D eigenvalue weighted by atomic mass is 35.5. The maximum absolute atomic E-state index is 11.8. The van der Waals surface area contributed by atoms with E-state index in [1.807, 2.05) is 13.8 Å². The van der Waals surface area contributed by atoms with Crippen molar-refractivity contribution in [1.29, 1.82) is 0 Å². The Labute approximate surface area is 104 Å². The molecule has 0 aromatic heterocycles. The SMILES string of the molecule is CC(CCl)CS(=O)(=O)N[C@H](C)C1CCCC1. The summed E-state index contributed by atoms with van der Waals surface area (Å²) in [6, 6.07) is 0.0648. The van der Waals surface area contributed by atoms with Crippen molar-refractivity contribution in [2.24, 2.45) is 11.8 Å². The monoisotopic (exact) mass is 267 g/mol. The highest BCUT2D eigenvalue weighted by Gasteiger charge is 2.25. The Hall–Kier alpha value is 0.200. The molecule has 1 aliphatic rings. The third kappa shape index (κ3) is 4.60. The first-order valence-electron chi connectivity index (χ1n) is 6.00. The van der Waals surface area contributed by atoms with Crippen molar-refractivity contribution in [3.05, 3.63) is 0 Å². The fraction of sp³-hybridized carbons (Fsp3) is 1.00. The maximum Gasteiger partial charge on any atom is 0.212 e. The number of hydrogen-bond donors (Lipinski definition) is 1. The summed E-state index contributed by atoms with van der Waals surface area (Å²) in [5.41, 5.74) is 0. The van der Waals surface area contributed by atoms with Crippen LogP contribution in [-0.4, -0.2) is 26.1 Å². The molecule has 0 aromatic carbocycles. The van der Waals surface area contributed by atoms with E-state index in [4.69, 9.17) is 11.6 Å². The lowest BCUT2D eigenvalue weighted by molar-refractivity contribution is 0.422. The molecule has 0 aliphatic heterocycles. The number of alkyl halides is 1. The zero-order chi connectivity index (χ0) is 12.2. The number of rotatable bonds is 6. The van der Waals surface area contributed by atoms with Crippen LogP contribution in [0.4, 0.5) is 0 Å². The van der Waals surface area contributed by atoms with Crippen LogP contribution in [0.15, 0.2) is 0 Å². The summed E-state index contributed by atoms with van der Waals surface area (Å²) in [6.45, 7) is 3.82. The van der Waals surface area contributed by atoms with Gasteiger partial charge < -0.3 is 0 Å². The Morgan fingerprint density at radius 3 is 2.38 bits per heavy atom. The van der Waals surface area contributed by atoms with Crippen molar-refractivity contribution in [3.63, 3.8) is 0 Å². The van der Waals surface area contributed by atoms with E-state index < -0.39 is 10.0 Å². The van der Waals surface area contributed by atoms with E-state index in [-0.39, 0.29) is 17.7 Å². The van der Waals surface area contributed by atoms with Crippen LogP contribution in [-0.2, 0) is 10.0 Å². The van der Waals surface area contributed by atoms with E-state index >= 15 is 0 Å². The van der Waals surface area contributed by atoms with Gasteiger partial charge in [-0.25, -0.2) is 13.1 Å². The fourth-order valence-electron chi connectivity index (χ4n) is 2.30. The Kier molecular flexibility index (Phi) is 5.54. The van der Waals surface area contributed by atoms with Gasteiger partial charge in [0.1, 0.15) is 0 Å². The highest BCUT2D eigenvalue weighted by Crippen LogP contribution is 2.27. The maximum atomic E-state index is 11.8. The second-order valence-corrected chi connectivity index (χ2v) is 7.10. The zero-order valence-electron chi connectivity index (χ0n) is 10.1. The molecule has 1 unspecified atom stereocenters. The topological polar surface area (TPSA) is 46.2 Å². The number of nitrogens with one attached hydrogen (secondary N) is 1. The van der Waals surface area contributed by atoms with Gasteiger partial charge in [-0.15, -0.1) is 11.6 Å². The average Bonchev–Trinajstić information content (AvgIpc) is 2.68. The van der Waals surface area contributed by atoms with Gasteiger partial charge in [-0.3, -0.25) is 0 Å². The van der Waals surface area contributed by atoms with Crippen molar-refractivity contribution in [2.45, 2.75) is 45.6 Å². The minimum atomic E-state index is -3.16. The second kappa shape index (κ2) is 6.22. The van der Waals surface area contributed by atoms with Gasteiger partial charge in [-0.1, -0.05) is 19.8 Å². The van der Waals surface area contributed by atoms with Crippen LogP contribution in [0.3, 0.4) is 0 Å². The van der Waals surface area contributed by atoms with Crippen molar-refractivity contribution < 1.29 is 8.42 Å². The van der Waals surface area contributed by atoms with Crippen LogP contribution < -0.4 is 4.72 Å². The molecule has 0 spiro atoms. The molecule has 0 radical (unpaired) electrons.